The number of hydrogen-bond acceptors (Lipinski definition) is 3. The number of alkyl halides is 3. The zero-order valence-electron chi connectivity index (χ0n) is 16.2. The van der Waals surface area contributed by atoms with Gasteiger partial charge in [0.1, 0.15) is 17.1 Å². The van der Waals surface area contributed by atoms with E-state index in [2.05, 4.69) is 17.6 Å². The lowest BCUT2D eigenvalue weighted by Crippen LogP contribution is -2.29. The van der Waals surface area contributed by atoms with Crippen LogP contribution in [0.5, 0.6) is 11.5 Å². The quantitative estimate of drug-likeness (QED) is 0.396. The molecule has 10 heteroatoms. The van der Waals surface area contributed by atoms with Gasteiger partial charge in [-0.3, -0.25) is 5.32 Å². The number of carbonyl (C=O) groups excluding carboxylic acids is 1. The van der Waals surface area contributed by atoms with Crippen LogP contribution in [-0.4, -0.2) is 23.8 Å². The molecule has 0 saturated carbocycles. The molecule has 0 unspecified atom stereocenters. The maximum absolute atomic E-state index is 13.3. The summed E-state index contributed by atoms with van der Waals surface area (Å²) in [6.45, 7) is 2.61. The van der Waals surface area contributed by atoms with Gasteiger partial charge in [-0.1, -0.05) is 19.8 Å². The minimum atomic E-state index is -4.75. The second-order valence-corrected chi connectivity index (χ2v) is 6.35. The van der Waals surface area contributed by atoms with Gasteiger partial charge in [-0.2, -0.15) is 13.2 Å². The molecule has 4 N–H and O–H groups in total. The molecule has 30 heavy (non-hydrogen) atoms. The first-order chi connectivity index (χ1) is 14.2. The highest BCUT2D eigenvalue weighted by atomic mass is 19.4. The van der Waals surface area contributed by atoms with E-state index in [0.717, 1.165) is 31.4 Å². The van der Waals surface area contributed by atoms with Gasteiger partial charge in [0.2, 0.25) is 0 Å². The molecule has 0 saturated heterocycles. The van der Waals surface area contributed by atoms with Gasteiger partial charge in [-0.05, 0) is 48.9 Å². The number of rotatable bonds is 8. The molecule has 0 aliphatic carbocycles. The SMILES string of the molecule is CCCCCNC(=O)Nc1ccc(Oc2ccc(NC(=O)O)cc2C(F)(F)F)cc1. The number of hydrogen-bond donors (Lipinski definition) is 4. The van der Waals surface area contributed by atoms with Crippen LogP contribution in [0.15, 0.2) is 42.5 Å². The van der Waals surface area contributed by atoms with Gasteiger partial charge < -0.3 is 20.5 Å². The average Bonchev–Trinajstić information content (AvgIpc) is 2.67. The van der Waals surface area contributed by atoms with Gasteiger partial charge in [0.05, 0.1) is 0 Å². The molecular formula is C20H22F3N3O4. The number of benzene rings is 2. The van der Waals surface area contributed by atoms with Crippen LogP contribution in [0.3, 0.4) is 0 Å². The van der Waals surface area contributed by atoms with Crippen LogP contribution in [0.25, 0.3) is 0 Å². The van der Waals surface area contributed by atoms with Gasteiger partial charge in [0.25, 0.3) is 0 Å². The van der Waals surface area contributed by atoms with Crippen LogP contribution in [0, 0.1) is 0 Å². The first-order valence-corrected chi connectivity index (χ1v) is 9.23. The highest BCUT2D eigenvalue weighted by Gasteiger charge is 2.35. The average molecular weight is 425 g/mol. The van der Waals surface area contributed by atoms with Crippen molar-refractivity contribution < 1.29 is 32.6 Å². The number of halogens is 3. The van der Waals surface area contributed by atoms with Gasteiger partial charge in [-0.15, -0.1) is 0 Å². The number of carbonyl (C=O) groups is 2. The first-order valence-electron chi connectivity index (χ1n) is 9.23. The van der Waals surface area contributed by atoms with Crippen molar-refractivity contribution in [3.8, 4) is 11.5 Å². The number of nitrogens with one attached hydrogen (secondary N) is 3. The smallest absolute Gasteiger partial charge is 0.420 e. The van der Waals surface area contributed by atoms with Crippen LogP contribution in [-0.2, 0) is 6.18 Å². The number of carboxylic acid groups (broad SMARTS) is 1. The Morgan fingerprint density at radius 3 is 2.27 bits per heavy atom. The standard InChI is InChI=1S/C20H22F3N3O4/c1-2-3-4-11-24-18(27)25-13-5-8-15(9-6-13)30-17-10-7-14(26-19(28)29)12-16(17)20(21,22)23/h5-10,12,26H,2-4,11H2,1H3,(H,28,29)(H2,24,25,27). The van der Waals surface area contributed by atoms with Gasteiger partial charge in [0, 0.05) is 17.9 Å². The molecular weight excluding hydrogens is 403 g/mol. The largest absolute Gasteiger partial charge is 0.465 e. The first kappa shape index (κ1) is 22.9. The summed E-state index contributed by atoms with van der Waals surface area (Å²) in [5.74, 6) is -0.360. The number of ether oxygens (including phenoxy) is 1. The fourth-order valence-electron chi connectivity index (χ4n) is 2.53. The van der Waals surface area contributed by atoms with Gasteiger partial charge in [0.15, 0.2) is 0 Å². The Morgan fingerprint density at radius 1 is 1.00 bits per heavy atom. The van der Waals surface area contributed by atoms with E-state index < -0.39 is 23.6 Å². The predicted octanol–water partition coefficient (Wildman–Crippen LogP) is 5.90. The van der Waals surface area contributed by atoms with Crippen molar-refractivity contribution >= 4 is 23.5 Å². The fourth-order valence-corrected chi connectivity index (χ4v) is 2.53. The maximum Gasteiger partial charge on any atom is 0.420 e. The minimum Gasteiger partial charge on any atom is -0.465 e. The molecule has 0 aliphatic heterocycles. The third-order valence-corrected chi connectivity index (χ3v) is 3.94. The molecule has 0 aliphatic rings. The Morgan fingerprint density at radius 2 is 1.67 bits per heavy atom. The van der Waals surface area contributed by atoms with Crippen molar-refractivity contribution in [1.29, 1.82) is 0 Å². The summed E-state index contributed by atoms with van der Waals surface area (Å²) in [5, 5.41) is 15.9. The number of anilines is 2. The Labute approximate surface area is 171 Å². The molecule has 0 radical (unpaired) electrons. The molecule has 162 valence electrons. The zero-order valence-corrected chi connectivity index (χ0v) is 16.2. The Bertz CT molecular complexity index is 871. The zero-order chi connectivity index (χ0) is 22.1. The van der Waals surface area contributed by atoms with Crippen LogP contribution < -0.4 is 20.7 Å². The predicted molar refractivity (Wildman–Crippen MR) is 106 cm³/mol. The van der Waals surface area contributed by atoms with E-state index in [1.165, 1.54) is 24.3 Å². The summed E-state index contributed by atoms with van der Waals surface area (Å²) in [7, 11) is 0. The normalized spacial score (nSPS) is 10.9. The van der Waals surface area contributed by atoms with Crippen LogP contribution in [0.1, 0.15) is 31.7 Å². The van der Waals surface area contributed by atoms with Crippen LogP contribution in [0.4, 0.5) is 34.1 Å². The summed E-state index contributed by atoms with van der Waals surface area (Å²) < 4.78 is 45.3. The number of amides is 3. The summed E-state index contributed by atoms with van der Waals surface area (Å²) in [6.07, 6.45) is -3.30. The van der Waals surface area contributed by atoms with Crippen molar-refractivity contribution in [3.63, 3.8) is 0 Å². The summed E-state index contributed by atoms with van der Waals surface area (Å²) in [4.78, 5) is 22.4. The van der Waals surface area contributed by atoms with E-state index in [1.807, 2.05) is 5.32 Å². The Hall–Kier alpha value is -3.43. The van der Waals surface area contributed by atoms with E-state index in [0.29, 0.717) is 18.3 Å². The molecule has 2 aromatic carbocycles. The molecule has 7 nitrogen and oxygen atoms in total. The van der Waals surface area contributed by atoms with Gasteiger partial charge >= 0.3 is 18.3 Å². The van der Waals surface area contributed by atoms with Crippen molar-refractivity contribution in [2.24, 2.45) is 0 Å². The minimum absolute atomic E-state index is 0.119. The molecule has 3 amide bonds. The lowest BCUT2D eigenvalue weighted by Gasteiger charge is -2.15. The number of unbranched alkanes of at least 4 members (excludes halogenated alkanes) is 2. The number of urea groups is 1. The molecule has 2 rings (SSSR count). The molecule has 0 bridgehead atoms. The lowest BCUT2D eigenvalue weighted by molar-refractivity contribution is -0.138. The molecule has 0 fully saturated rings. The van der Waals surface area contributed by atoms with Crippen molar-refractivity contribution in [2.45, 2.75) is 32.4 Å². The highest BCUT2D eigenvalue weighted by molar-refractivity contribution is 5.89. The fraction of sp³-hybridized carbons (Fsp3) is 0.300. The molecule has 2 aromatic rings. The lowest BCUT2D eigenvalue weighted by atomic mass is 10.1. The van der Waals surface area contributed by atoms with Gasteiger partial charge in [-0.25, -0.2) is 9.59 Å². The van der Waals surface area contributed by atoms with E-state index in [9.17, 15) is 22.8 Å². The van der Waals surface area contributed by atoms with E-state index >= 15 is 0 Å². The molecule has 0 spiro atoms. The maximum atomic E-state index is 13.3. The van der Waals surface area contributed by atoms with Crippen molar-refractivity contribution in [2.75, 3.05) is 17.2 Å². The summed E-state index contributed by atoms with van der Waals surface area (Å²) in [5.41, 5.74) is -0.901. The van der Waals surface area contributed by atoms with E-state index in [1.54, 1.807) is 0 Å². The second-order valence-electron chi connectivity index (χ2n) is 6.35. The topological polar surface area (TPSA) is 99.7 Å². The highest BCUT2D eigenvalue weighted by Crippen LogP contribution is 2.39. The van der Waals surface area contributed by atoms with Crippen LogP contribution >= 0.6 is 0 Å². The van der Waals surface area contributed by atoms with E-state index in [-0.39, 0.29) is 17.5 Å². The Balaban J connectivity index is 2.06. The monoisotopic (exact) mass is 425 g/mol. The van der Waals surface area contributed by atoms with Crippen molar-refractivity contribution in [1.82, 2.24) is 5.32 Å². The summed E-state index contributed by atoms with van der Waals surface area (Å²) in [6, 6.07) is 8.29. The Kier molecular flexibility index (Phi) is 7.90. The van der Waals surface area contributed by atoms with E-state index in [4.69, 9.17) is 9.84 Å². The molecule has 0 atom stereocenters. The van der Waals surface area contributed by atoms with Crippen LogP contribution in [0.2, 0.25) is 0 Å². The third kappa shape index (κ3) is 7.19. The third-order valence-electron chi connectivity index (χ3n) is 3.94. The second kappa shape index (κ2) is 10.4. The molecule has 0 heterocycles. The van der Waals surface area contributed by atoms with Crippen molar-refractivity contribution in [3.05, 3.63) is 48.0 Å². The summed E-state index contributed by atoms with van der Waals surface area (Å²) >= 11 is 0. The molecule has 0 aromatic heterocycles.